The summed E-state index contributed by atoms with van der Waals surface area (Å²) < 4.78 is 55.6. The molecule has 0 radical (unpaired) electrons. The first-order chi connectivity index (χ1) is 19.8. The van der Waals surface area contributed by atoms with Gasteiger partial charge in [-0.15, -0.1) is 10.2 Å². The zero-order valence-corrected chi connectivity index (χ0v) is 23.2. The fraction of sp³-hybridized carbons (Fsp3) is 0.379. The Hall–Kier alpha value is -4.11. The molecule has 2 aromatic carbocycles. The lowest BCUT2D eigenvalue weighted by molar-refractivity contribution is -0.138. The summed E-state index contributed by atoms with van der Waals surface area (Å²) in [5, 5.41) is 16.4. The number of alkyl halides is 3. The van der Waals surface area contributed by atoms with Gasteiger partial charge in [0.1, 0.15) is 30.6 Å². The molecule has 0 saturated heterocycles. The Labute approximate surface area is 239 Å². The van der Waals surface area contributed by atoms with E-state index in [1.54, 1.807) is 31.2 Å². The van der Waals surface area contributed by atoms with E-state index in [9.17, 15) is 23.2 Å². The molecule has 216 valence electrons. The van der Waals surface area contributed by atoms with Crippen LogP contribution in [0.5, 0.6) is 17.2 Å². The third-order valence-corrected chi connectivity index (χ3v) is 7.28. The van der Waals surface area contributed by atoms with Crippen LogP contribution in [-0.4, -0.2) is 35.9 Å². The second kappa shape index (κ2) is 14.0. The molecule has 4 rings (SSSR count). The van der Waals surface area contributed by atoms with Crippen LogP contribution in [0.4, 0.5) is 18.3 Å². The van der Waals surface area contributed by atoms with Gasteiger partial charge in [0.25, 0.3) is 5.91 Å². The number of benzene rings is 2. The quantitative estimate of drug-likeness (QED) is 0.146. The lowest BCUT2D eigenvalue weighted by atomic mass is 9.84. The molecule has 1 heterocycles. The third-order valence-electron chi connectivity index (χ3n) is 6.40. The summed E-state index contributed by atoms with van der Waals surface area (Å²) in [7, 11) is 0. The van der Waals surface area contributed by atoms with Crippen LogP contribution < -0.4 is 19.5 Å². The van der Waals surface area contributed by atoms with Crippen molar-refractivity contribution >= 4 is 28.5 Å². The molecule has 1 saturated carbocycles. The van der Waals surface area contributed by atoms with Gasteiger partial charge in [0.2, 0.25) is 10.1 Å². The van der Waals surface area contributed by atoms with Crippen molar-refractivity contribution < 1.29 is 32.2 Å². The van der Waals surface area contributed by atoms with E-state index in [4.69, 9.17) is 14.2 Å². The van der Waals surface area contributed by atoms with Crippen LogP contribution in [0.25, 0.3) is 6.08 Å². The number of ether oxygens (including phenoxy) is 3. The van der Waals surface area contributed by atoms with Gasteiger partial charge in [-0.3, -0.25) is 10.1 Å². The van der Waals surface area contributed by atoms with Gasteiger partial charge >= 0.3 is 6.18 Å². The number of carbonyl (C=O) groups is 1. The van der Waals surface area contributed by atoms with Crippen molar-refractivity contribution in [1.29, 1.82) is 5.26 Å². The number of halogens is 3. The lowest BCUT2D eigenvalue weighted by Gasteiger charge is -2.22. The van der Waals surface area contributed by atoms with E-state index in [-0.39, 0.29) is 28.6 Å². The van der Waals surface area contributed by atoms with Crippen LogP contribution in [0.15, 0.2) is 48.0 Å². The highest BCUT2D eigenvalue weighted by Gasteiger charge is 2.36. The van der Waals surface area contributed by atoms with Crippen molar-refractivity contribution in [1.82, 2.24) is 10.2 Å². The molecule has 0 bridgehead atoms. The van der Waals surface area contributed by atoms with E-state index in [0.717, 1.165) is 5.75 Å². The van der Waals surface area contributed by atoms with Gasteiger partial charge in [-0.1, -0.05) is 48.8 Å². The molecule has 1 aliphatic carbocycles. The maximum atomic E-state index is 12.7. The molecular weight excluding hydrogens is 557 g/mol. The number of anilines is 1. The lowest BCUT2D eigenvalue weighted by Crippen LogP contribution is -2.13. The molecule has 0 unspecified atom stereocenters. The molecule has 0 aliphatic heterocycles. The number of nitriles is 1. The smallest absolute Gasteiger partial charge is 0.445 e. The minimum Gasteiger partial charge on any atom is -0.490 e. The number of aromatic nitrogens is 2. The van der Waals surface area contributed by atoms with Gasteiger partial charge in [0, 0.05) is 0 Å². The van der Waals surface area contributed by atoms with Gasteiger partial charge in [-0.25, -0.2) is 0 Å². The highest BCUT2D eigenvalue weighted by Crippen LogP contribution is 2.34. The predicted octanol–water partition coefficient (Wildman–Crippen LogP) is 7.01. The van der Waals surface area contributed by atoms with E-state index in [1.807, 2.05) is 12.1 Å². The average Bonchev–Trinajstić information content (AvgIpc) is 3.45. The normalized spacial score (nSPS) is 14.3. The summed E-state index contributed by atoms with van der Waals surface area (Å²) in [5.74, 6) is 1.34. The third kappa shape index (κ3) is 8.44. The molecule has 0 spiro atoms. The number of nitrogens with zero attached hydrogens (tertiary/aromatic N) is 3. The van der Waals surface area contributed by atoms with Crippen molar-refractivity contribution in [2.75, 3.05) is 25.1 Å². The van der Waals surface area contributed by atoms with Gasteiger partial charge in [-0.2, -0.15) is 18.4 Å². The molecule has 1 aromatic heterocycles. The Morgan fingerprint density at radius 2 is 1.78 bits per heavy atom. The molecule has 1 aliphatic rings. The van der Waals surface area contributed by atoms with Crippen LogP contribution >= 0.6 is 11.3 Å². The molecule has 1 N–H and O–H groups in total. The first-order valence-corrected chi connectivity index (χ1v) is 14.0. The predicted molar refractivity (Wildman–Crippen MR) is 148 cm³/mol. The fourth-order valence-electron chi connectivity index (χ4n) is 4.45. The zero-order valence-electron chi connectivity index (χ0n) is 22.4. The summed E-state index contributed by atoms with van der Waals surface area (Å²) in [4.78, 5) is 12.5. The summed E-state index contributed by atoms with van der Waals surface area (Å²) >= 11 is 0.165. The zero-order chi connectivity index (χ0) is 29.2. The van der Waals surface area contributed by atoms with Crippen molar-refractivity contribution in [3.8, 4) is 23.3 Å². The Morgan fingerprint density at radius 3 is 2.44 bits per heavy atom. The number of carbonyl (C=O) groups excluding carboxylic acids is 1. The van der Waals surface area contributed by atoms with Crippen LogP contribution in [0.3, 0.4) is 0 Å². The number of rotatable bonds is 11. The Kier molecular flexibility index (Phi) is 10.2. The molecule has 1 amide bonds. The highest BCUT2D eigenvalue weighted by atomic mass is 32.1. The van der Waals surface area contributed by atoms with Crippen LogP contribution in [0, 0.1) is 11.3 Å². The van der Waals surface area contributed by atoms with Gasteiger partial charge in [0.15, 0.2) is 11.5 Å². The molecule has 1 fully saturated rings. The largest absolute Gasteiger partial charge is 0.490 e. The van der Waals surface area contributed by atoms with Gasteiger partial charge in [0.05, 0.1) is 6.61 Å². The first kappa shape index (κ1) is 29.9. The Morgan fingerprint density at radius 1 is 1.05 bits per heavy atom. The Bertz CT molecular complexity index is 1390. The summed E-state index contributed by atoms with van der Waals surface area (Å²) in [5.41, 5.74) is 1.47. The van der Waals surface area contributed by atoms with Crippen LogP contribution in [0.1, 0.15) is 61.1 Å². The Balaban J connectivity index is 1.34. The van der Waals surface area contributed by atoms with Crippen molar-refractivity contribution in [2.45, 2.75) is 51.1 Å². The SMILES string of the molecule is CCOc1cc(/C=C(/C#N)C(=O)Nc2nnc(C(F)(F)F)s2)ccc1OCCOc1ccc(C2CCCCC2)cc1. The number of amides is 1. The maximum Gasteiger partial charge on any atom is 0.445 e. The van der Waals surface area contributed by atoms with E-state index < -0.39 is 17.1 Å². The average molecular weight is 587 g/mol. The number of hydrogen-bond acceptors (Lipinski definition) is 8. The molecule has 0 atom stereocenters. The van der Waals surface area contributed by atoms with Crippen molar-refractivity contribution in [3.05, 3.63) is 64.2 Å². The van der Waals surface area contributed by atoms with Gasteiger partial charge in [-0.05, 0) is 67.2 Å². The molecule has 8 nitrogen and oxygen atoms in total. The molecule has 12 heteroatoms. The van der Waals surface area contributed by atoms with Crippen molar-refractivity contribution in [2.24, 2.45) is 0 Å². The first-order valence-electron chi connectivity index (χ1n) is 13.2. The van der Waals surface area contributed by atoms with E-state index >= 15 is 0 Å². The van der Waals surface area contributed by atoms with Crippen LogP contribution in [0.2, 0.25) is 0 Å². The summed E-state index contributed by atoms with van der Waals surface area (Å²) in [6.45, 7) is 2.72. The monoisotopic (exact) mass is 586 g/mol. The minimum absolute atomic E-state index is 0.165. The topological polar surface area (TPSA) is 106 Å². The second-order valence-electron chi connectivity index (χ2n) is 9.27. The number of hydrogen-bond donors (Lipinski definition) is 1. The van der Waals surface area contributed by atoms with Crippen molar-refractivity contribution in [3.63, 3.8) is 0 Å². The molecular formula is C29H29F3N4O4S. The van der Waals surface area contributed by atoms with Gasteiger partial charge < -0.3 is 14.2 Å². The molecule has 3 aromatic rings. The standard InChI is InChI=1S/C29H29F3N4O4S/c1-2-38-25-17-19(16-22(18-33)26(37)34-28-36-35-27(41-28)29(30,31)32)8-13-24(25)40-15-14-39-23-11-9-21(10-12-23)20-6-4-3-5-7-20/h8-13,16-17,20H,2-7,14-15H2,1H3,(H,34,36,37)/b22-16-. The highest BCUT2D eigenvalue weighted by molar-refractivity contribution is 7.15. The summed E-state index contributed by atoms with van der Waals surface area (Å²) in [6.07, 6.45) is 2.99. The van der Waals surface area contributed by atoms with Crippen LogP contribution in [-0.2, 0) is 11.0 Å². The van der Waals surface area contributed by atoms with E-state index in [2.05, 4.69) is 27.6 Å². The minimum atomic E-state index is -4.68. The second-order valence-corrected chi connectivity index (χ2v) is 10.3. The maximum absolute atomic E-state index is 12.7. The van der Waals surface area contributed by atoms with E-state index in [1.165, 1.54) is 43.7 Å². The fourth-order valence-corrected chi connectivity index (χ4v) is 5.06. The summed E-state index contributed by atoms with van der Waals surface area (Å²) in [6, 6.07) is 14.9. The number of nitrogens with one attached hydrogen (secondary N) is 1. The molecule has 41 heavy (non-hydrogen) atoms. The van der Waals surface area contributed by atoms with E-state index in [0.29, 0.717) is 36.2 Å².